The third-order valence-corrected chi connectivity index (χ3v) is 0.689. The van der Waals surface area contributed by atoms with Crippen molar-refractivity contribution in [2.75, 3.05) is 6.61 Å². The van der Waals surface area contributed by atoms with Crippen molar-refractivity contribution in [3.05, 3.63) is 12.0 Å². The molecule has 0 atom stereocenters. The summed E-state index contributed by atoms with van der Waals surface area (Å²) >= 11 is 0. The fourth-order valence-corrected chi connectivity index (χ4v) is 0.312. The molecule has 13 heavy (non-hydrogen) atoms. The minimum absolute atomic E-state index is 1.97. The normalized spacial score (nSPS) is 10.9. The number of halogens is 6. The molecule has 3 nitrogen and oxygen atoms in total. The average Bonchev–Trinajstić information content (AvgIpc) is 1.99. The lowest BCUT2D eigenvalue weighted by molar-refractivity contribution is -0.319. The molecule has 0 aliphatic carbocycles. The van der Waals surface area contributed by atoms with Crippen molar-refractivity contribution in [1.29, 1.82) is 0 Å². The standard InChI is InChI=1S/C4H2F6O3/c5-2(6)3(13-10)12-4(7,8)1-11-9/h1H2. The molecule has 0 rings (SSSR count). The highest BCUT2D eigenvalue weighted by Gasteiger charge is 2.36. The summed E-state index contributed by atoms with van der Waals surface area (Å²) in [6, 6.07) is 0. The summed E-state index contributed by atoms with van der Waals surface area (Å²) in [6.07, 6.45) is -7.40. The first-order valence-corrected chi connectivity index (χ1v) is 2.57. The second-order valence-corrected chi connectivity index (χ2v) is 1.62. The first-order valence-electron chi connectivity index (χ1n) is 2.57. The molecule has 0 heterocycles. The van der Waals surface area contributed by atoms with Crippen LogP contribution in [0.3, 0.4) is 0 Å². The van der Waals surface area contributed by atoms with Crippen LogP contribution in [0.4, 0.5) is 26.6 Å². The van der Waals surface area contributed by atoms with Gasteiger partial charge in [0.25, 0.3) is 0 Å². The maximum absolute atomic E-state index is 12.0. The number of hydrogen-bond donors (Lipinski definition) is 0. The van der Waals surface area contributed by atoms with Crippen LogP contribution in [-0.2, 0) is 14.6 Å². The molecular weight excluding hydrogens is 210 g/mol. The Bertz CT molecular complexity index is 188. The smallest absolute Gasteiger partial charge is 0.392 e. The second kappa shape index (κ2) is 4.80. The van der Waals surface area contributed by atoms with Gasteiger partial charge in [-0.25, -0.2) is 4.94 Å². The minimum Gasteiger partial charge on any atom is -0.392 e. The number of alkyl halides is 2. The highest BCUT2D eigenvalue weighted by molar-refractivity contribution is 4.82. The number of rotatable bonds is 5. The highest BCUT2D eigenvalue weighted by Crippen LogP contribution is 2.23. The Morgan fingerprint density at radius 1 is 1.15 bits per heavy atom. The molecule has 0 aliphatic heterocycles. The van der Waals surface area contributed by atoms with Crippen LogP contribution in [0.5, 0.6) is 0 Å². The van der Waals surface area contributed by atoms with E-state index in [-0.39, 0.29) is 0 Å². The Morgan fingerprint density at radius 2 is 1.69 bits per heavy atom. The predicted octanol–water partition coefficient (Wildman–Crippen LogP) is 2.46. The lowest BCUT2D eigenvalue weighted by Gasteiger charge is -2.13. The summed E-state index contributed by atoms with van der Waals surface area (Å²) in [6.45, 7) is -1.97. The third-order valence-electron chi connectivity index (χ3n) is 0.689. The summed E-state index contributed by atoms with van der Waals surface area (Å²) in [5.41, 5.74) is 0. The fraction of sp³-hybridized carbons (Fsp3) is 0.500. The van der Waals surface area contributed by atoms with Gasteiger partial charge in [-0.1, -0.05) is 0 Å². The largest absolute Gasteiger partial charge is 0.427 e. The van der Waals surface area contributed by atoms with Crippen molar-refractivity contribution in [1.82, 2.24) is 0 Å². The van der Waals surface area contributed by atoms with E-state index in [1.54, 1.807) is 0 Å². The zero-order valence-corrected chi connectivity index (χ0v) is 5.70. The molecule has 0 unspecified atom stereocenters. The van der Waals surface area contributed by atoms with Crippen LogP contribution in [0.25, 0.3) is 0 Å². The molecule has 78 valence electrons. The van der Waals surface area contributed by atoms with Crippen LogP contribution in [0.1, 0.15) is 0 Å². The first kappa shape index (κ1) is 11.9. The molecule has 0 fully saturated rings. The van der Waals surface area contributed by atoms with Crippen LogP contribution in [0, 0.1) is 0 Å². The topological polar surface area (TPSA) is 27.7 Å². The average molecular weight is 212 g/mol. The maximum atomic E-state index is 12.0. The van der Waals surface area contributed by atoms with Crippen molar-refractivity contribution < 1.29 is 41.2 Å². The van der Waals surface area contributed by atoms with E-state index < -0.39 is 24.7 Å². The van der Waals surface area contributed by atoms with Gasteiger partial charge in [0.05, 0.1) is 0 Å². The van der Waals surface area contributed by atoms with Crippen LogP contribution in [0.15, 0.2) is 12.0 Å². The SMILES string of the molecule is FOCC(F)(F)OC(OF)=C(F)F. The van der Waals surface area contributed by atoms with Gasteiger partial charge >= 0.3 is 18.1 Å². The van der Waals surface area contributed by atoms with E-state index in [0.29, 0.717) is 0 Å². The summed E-state index contributed by atoms with van der Waals surface area (Å²) < 4.78 is 71.6. The van der Waals surface area contributed by atoms with E-state index in [1.807, 2.05) is 0 Å². The lowest BCUT2D eigenvalue weighted by atomic mass is 10.7. The summed E-state index contributed by atoms with van der Waals surface area (Å²) in [7, 11) is 0. The Hall–Kier alpha value is -1.12. The molecule has 9 heteroatoms. The first-order chi connectivity index (χ1) is 5.93. The second-order valence-electron chi connectivity index (χ2n) is 1.62. The van der Waals surface area contributed by atoms with E-state index in [2.05, 4.69) is 14.6 Å². The summed E-state index contributed by atoms with van der Waals surface area (Å²) in [5.74, 6) is -2.35. The predicted molar refractivity (Wildman–Crippen MR) is 24.5 cm³/mol. The Labute approximate surface area is 67.3 Å². The van der Waals surface area contributed by atoms with Gasteiger partial charge in [-0.05, 0) is 4.53 Å². The van der Waals surface area contributed by atoms with Gasteiger partial charge in [0, 0.05) is 4.53 Å². The van der Waals surface area contributed by atoms with Crippen molar-refractivity contribution in [3.63, 3.8) is 0 Å². The van der Waals surface area contributed by atoms with Gasteiger partial charge < -0.3 is 4.74 Å². The van der Waals surface area contributed by atoms with Crippen LogP contribution in [-0.4, -0.2) is 12.7 Å². The van der Waals surface area contributed by atoms with Gasteiger partial charge in [-0.2, -0.15) is 22.5 Å². The Morgan fingerprint density at radius 3 is 2.00 bits per heavy atom. The van der Waals surface area contributed by atoms with E-state index in [1.165, 1.54) is 0 Å². The molecule has 0 aromatic heterocycles. The van der Waals surface area contributed by atoms with Crippen LogP contribution >= 0.6 is 0 Å². The van der Waals surface area contributed by atoms with Crippen LogP contribution in [0.2, 0.25) is 0 Å². The minimum atomic E-state index is -4.44. The van der Waals surface area contributed by atoms with Gasteiger partial charge in [0.15, 0.2) is 6.61 Å². The zero-order chi connectivity index (χ0) is 10.5. The summed E-state index contributed by atoms with van der Waals surface area (Å²) in [5, 5.41) is 0. The molecule has 0 N–H and O–H groups in total. The zero-order valence-electron chi connectivity index (χ0n) is 5.70. The molecular formula is C4H2F6O3. The molecule has 0 saturated heterocycles. The van der Waals surface area contributed by atoms with E-state index in [0.717, 1.165) is 0 Å². The molecule has 0 radical (unpaired) electrons. The van der Waals surface area contributed by atoms with Crippen molar-refractivity contribution in [2.45, 2.75) is 6.11 Å². The summed E-state index contributed by atoms with van der Waals surface area (Å²) in [4.78, 5) is 4.65. The van der Waals surface area contributed by atoms with Gasteiger partial charge in [-0.3, -0.25) is 0 Å². The molecule has 0 aromatic rings. The lowest BCUT2D eigenvalue weighted by Crippen LogP contribution is -2.26. The number of ether oxygens (including phenoxy) is 1. The Kier molecular flexibility index (Phi) is 4.38. The third kappa shape index (κ3) is 4.45. The number of hydrogen-bond acceptors (Lipinski definition) is 3. The van der Waals surface area contributed by atoms with E-state index >= 15 is 0 Å². The van der Waals surface area contributed by atoms with Gasteiger partial charge in [0.2, 0.25) is 0 Å². The molecule has 0 amide bonds. The molecule has 0 saturated carbocycles. The van der Waals surface area contributed by atoms with Crippen molar-refractivity contribution in [2.24, 2.45) is 0 Å². The molecule has 0 bridgehead atoms. The van der Waals surface area contributed by atoms with Crippen molar-refractivity contribution in [3.8, 4) is 0 Å². The quantitative estimate of drug-likeness (QED) is 0.517. The Balaban J connectivity index is 4.32. The maximum Gasteiger partial charge on any atom is 0.427 e. The van der Waals surface area contributed by atoms with Gasteiger partial charge in [-0.15, -0.1) is 0 Å². The highest BCUT2D eigenvalue weighted by atomic mass is 19.3. The van der Waals surface area contributed by atoms with Gasteiger partial charge in [0.1, 0.15) is 0 Å². The molecule has 0 spiro atoms. The van der Waals surface area contributed by atoms with Crippen molar-refractivity contribution >= 4 is 0 Å². The van der Waals surface area contributed by atoms with E-state index in [9.17, 15) is 26.6 Å². The fourth-order valence-electron chi connectivity index (χ4n) is 0.312. The molecule has 0 aliphatic rings. The van der Waals surface area contributed by atoms with Crippen LogP contribution < -0.4 is 0 Å². The monoisotopic (exact) mass is 212 g/mol. The molecule has 0 aromatic carbocycles. The van der Waals surface area contributed by atoms with E-state index in [4.69, 9.17) is 0 Å².